The Morgan fingerprint density at radius 1 is 1.54 bits per heavy atom. The Labute approximate surface area is 161 Å². The monoisotopic (exact) mass is 399 g/mol. The number of aromatic nitrogens is 2. The van der Waals surface area contributed by atoms with Gasteiger partial charge < -0.3 is 14.8 Å². The Hall–Kier alpha value is -1.03. The zero-order chi connectivity index (χ0) is 18.5. The largest absolute Gasteiger partial charge is 0.383 e. The third-order valence-corrected chi connectivity index (χ3v) is 6.56. The maximum Gasteiger partial charge on any atom is 0.268 e. The predicted molar refractivity (Wildman–Crippen MR) is 102 cm³/mol. The smallest absolute Gasteiger partial charge is 0.268 e. The molecule has 1 aromatic heterocycles. The molecule has 0 aromatic carbocycles. The number of nitrogens with zero attached hydrogens (tertiary/aromatic N) is 2. The first-order chi connectivity index (χ1) is 12.6. The Bertz CT molecular complexity index is 704. The second kappa shape index (κ2) is 9.25. The highest BCUT2D eigenvalue weighted by atomic mass is 32.2. The molecule has 1 N–H and O–H groups in total. The van der Waals surface area contributed by atoms with Crippen LogP contribution in [-0.4, -0.2) is 59.4 Å². The highest BCUT2D eigenvalue weighted by molar-refractivity contribution is 8.00. The molecule has 0 aliphatic carbocycles. The van der Waals surface area contributed by atoms with Gasteiger partial charge in [-0.1, -0.05) is 18.7 Å². The van der Waals surface area contributed by atoms with Crippen LogP contribution in [0.25, 0.3) is 0 Å². The van der Waals surface area contributed by atoms with Gasteiger partial charge in [0.2, 0.25) is 5.91 Å². The number of hydrogen-bond acceptors (Lipinski definition) is 7. The lowest BCUT2D eigenvalue weighted by atomic mass is 10.2. The fraction of sp³-hybridized carbons (Fsp3) is 0.706. The highest BCUT2D eigenvalue weighted by Crippen LogP contribution is 2.34. The molecule has 3 rings (SSSR count). The van der Waals surface area contributed by atoms with Gasteiger partial charge in [0.05, 0.1) is 35.6 Å². The molecule has 3 heterocycles. The Morgan fingerprint density at radius 3 is 3.12 bits per heavy atom. The summed E-state index contributed by atoms with van der Waals surface area (Å²) in [6.45, 7) is 4.28. The quantitative estimate of drug-likeness (QED) is 0.521. The van der Waals surface area contributed by atoms with E-state index >= 15 is 0 Å². The molecule has 0 bridgehead atoms. The summed E-state index contributed by atoms with van der Waals surface area (Å²) >= 11 is 2.89. The molecule has 2 aliphatic rings. The van der Waals surface area contributed by atoms with Crippen molar-refractivity contribution in [3.63, 3.8) is 0 Å². The van der Waals surface area contributed by atoms with E-state index in [0.717, 1.165) is 36.5 Å². The number of thioether (sulfide) groups is 2. The van der Waals surface area contributed by atoms with Crippen LogP contribution in [0.15, 0.2) is 14.8 Å². The summed E-state index contributed by atoms with van der Waals surface area (Å²) in [6.07, 6.45) is 2.96. The minimum absolute atomic E-state index is 0.0244. The summed E-state index contributed by atoms with van der Waals surface area (Å²) in [5.74, 6) is 0.162. The molecule has 1 aromatic rings. The lowest BCUT2D eigenvalue weighted by Gasteiger charge is -2.14. The molecule has 7 nitrogen and oxygen atoms in total. The molecule has 2 atom stereocenters. The lowest BCUT2D eigenvalue weighted by molar-refractivity contribution is -0.119. The van der Waals surface area contributed by atoms with Crippen LogP contribution in [0.1, 0.15) is 25.5 Å². The van der Waals surface area contributed by atoms with Gasteiger partial charge in [-0.25, -0.2) is 4.98 Å². The van der Waals surface area contributed by atoms with Crippen LogP contribution in [0.4, 0.5) is 0 Å². The molecule has 1 saturated heterocycles. The maximum absolute atomic E-state index is 12.8. The van der Waals surface area contributed by atoms with E-state index in [0.29, 0.717) is 30.1 Å². The lowest BCUT2D eigenvalue weighted by Crippen LogP contribution is -2.33. The van der Waals surface area contributed by atoms with Crippen molar-refractivity contribution in [2.45, 2.75) is 54.1 Å². The van der Waals surface area contributed by atoms with Gasteiger partial charge in [0.15, 0.2) is 5.16 Å². The molecule has 0 radical (unpaired) electrons. The molecular weight excluding hydrogens is 374 g/mol. The van der Waals surface area contributed by atoms with Gasteiger partial charge >= 0.3 is 0 Å². The van der Waals surface area contributed by atoms with Gasteiger partial charge in [0, 0.05) is 31.9 Å². The molecule has 26 heavy (non-hydrogen) atoms. The zero-order valence-electron chi connectivity index (χ0n) is 15.2. The van der Waals surface area contributed by atoms with E-state index < -0.39 is 0 Å². The molecule has 1 amide bonds. The molecule has 0 unspecified atom stereocenters. The van der Waals surface area contributed by atoms with Crippen molar-refractivity contribution in [3.05, 3.63) is 16.0 Å². The van der Waals surface area contributed by atoms with Crippen molar-refractivity contribution >= 4 is 29.4 Å². The number of methoxy groups -OCH3 is 1. The van der Waals surface area contributed by atoms with E-state index in [-0.39, 0.29) is 23.3 Å². The number of rotatable bonds is 8. The standard InChI is InChI=1S/C17H25N3O4S2/c1-11-8-13-15(26-11)16(22)20(5-7-23-2)17(19-13)25-10-14(21)18-9-12-4-3-6-24-12/h11-12H,3-10H2,1-2H3,(H,18,21)/t11-,12-/m1/s1. The van der Waals surface area contributed by atoms with Crippen molar-refractivity contribution in [1.82, 2.24) is 14.9 Å². The number of amides is 1. The minimum Gasteiger partial charge on any atom is -0.383 e. The first kappa shape index (κ1) is 19.7. The summed E-state index contributed by atoms with van der Waals surface area (Å²) in [5.41, 5.74) is 0.826. The number of carbonyl (C=O) groups is 1. The van der Waals surface area contributed by atoms with Crippen LogP contribution in [0, 0.1) is 0 Å². The number of fused-ring (bicyclic) bond motifs is 1. The van der Waals surface area contributed by atoms with Crippen LogP contribution in [0.3, 0.4) is 0 Å². The van der Waals surface area contributed by atoms with Crippen molar-refractivity contribution in [2.24, 2.45) is 0 Å². The molecular formula is C17H25N3O4S2. The van der Waals surface area contributed by atoms with Crippen molar-refractivity contribution in [3.8, 4) is 0 Å². The van der Waals surface area contributed by atoms with Crippen molar-refractivity contribution < 1.29 is 14.3 Å². The van der Waals surface area contributed by atoms with E-state index in [2.05, 4.69) is 17.2 Å². The third kappa shape index (κ3) is 4.82. The van der Waals surface area contributed by atoms with Crippen LogP contribution in [0.5, 0.6) is 0 Å². The summed E-state index contributed by atoms with van der Waals surface area (Å²) < 4.78 is 12.3. The normalized spacial score (nSPS) is 21.8. The Balaban J connectivity index is 1.65. The number of nitrogens with one attached hydrogen (secondary N) is 1. The van der Waals surface area contributed by atoms with E-state index in [1.165, 1.54) is 11.8 Å². The van der Waals surface area contributed by atoms with Crippen LogP contribution in [-0.2, 0) is 27.2 Å². The first-order valence-electron chi connectivity index (χ1n) is 8.89. The molecule has 2 aliphatic heterocycles. The van der Waals surface area contributed by atoms with Gasteiger partial charge in [0.25, 0.3) is 5.56 Å². The zero-order valence-corrected chi connectivity index (χ0v) is 16.8. The van der Waals surface area contributed by atoms with Gasteiger partial charge in [0.1, 0.15) is 0 Å². The van der Waals surface area contributed by atoms with Crippen molar-refractivity contribution in [1.29, 1.82) is 0 Å². The number of hydrogen-bond donors (Lipinski definition) is 1. The van der Waals surface area contributed by atoms with E-state index in [1.54, 1.807) is 23.4 Å². The van der Waals surface area contributed by atoms with E-state index in [9.17, 15) is 9.59 Å². The predicted octanol–water partition coefficient (Wildman–Crippen LogP) is 1.31. The molecule has 144 valence electrons. The third-order valence-electron chi connectivity index (χ3n) is 4.37. The molecule has 9 heteroatoms. The van der Waals surface area contributed by atoms with Crippen LogP contribution in [0.2, 0.25) is 0 Å². The summed E-state index contributed by atoms with van der Waals surface area (Å²) in [4.78, 5) is 30.3. The fourth-order valence-electron chi connectivity index (χ4n) is 3.04. The SMILES string of the molecule is COCCn1c(SCC(=O)NC[C@H]2CCCO2)nc2c(c1=O)S[C@H](C)C2. The topological polar surface area (TPSA) is 82.4 Å². The van der Waals surface area contributed by atoms with Crippen molar-refractivity contribution in [2.75, 3.05) is 32.6 Å². The highest BCUT2D eigenvalue weighted by Gasteiger charge is 2.26. The summed E-state index contributed by atoms with van der Waals surface area (Å²) in [7, 11) is 1.61. The summed E-state index contributed by atoms with van der Waals surface area (Å²) in [5, 5.41) is 3.85. The van der Waals surface area contributed by atoms with Gasteiger partial charge in [-0.2, -0.15) is 0 Å². The van der Waals surface area contributed by atoms with Crippen LogP contribution < -0.4 is 10.9 Å². The van der Waals surface area contributed by atoms with Gasteiger partial charge in [-0.05, 0) is 12.8 Å². The number of carbonyl (C=O) groups excluding carboxylic acids is 1. The van der Waals surface area contributed by atoms with E-state index in [1.807, 2.05) is 0 Å². The van der Waals surface area contributed by atoms with E-state index in [4.69, 9.17) is 9.47 Å². The second-order valence-corrected chi connectivity index (χ2v) is 8.87. The molecule has 0 saturated carbocycles. The van der Waals surface area contributed by atoms with Gasteiger partial charge in [-0.15, -0.1) is 11.8 Å². The Morgan fingerprint density at radius 2 is 2.38 bits per heavy atom. The number of ether oxygens (including phenoxy) is 2. The molecule has 0 spiro atoms. The second-order valence-electron chi connectivity index (χ2n) is 6.48. The molecule has 1 fully saturated rings. The van der Waals surface area contributed by atoms with Crippen LogP contribution >= 0.6 is 23.5 Å². The fourth-order valence-corrected chi connectivity index (χ4v) is 5.02. The maximum atomic E-state index is 12.8. The first-order valence-corrected chi connectivity index (χ1v) is 10.8. The Kier molecular flexibility index (Phi) is 7.02. The minimum atomic E-state index is -0.0683. The average molecular weight is 400 g/mol. The average Bonchev–Trinajstić information content (AvgIpc) is 3.26. The summed E-state index contributed by atoms with van der Waals surface area (Å²) in [6, 6.07) is 0. The van der Waals surface area contributed by atoms with Gasteiger partial charge in [-0.3, -0.25) is 14.2 Å².